The van der Waals surface area contributed by atoms with Crippen LogP contribution in [-0.2, 0) is 19.5 Å². The molecular formula is C16H19NO6S2. The molecule has 9 heteroatoms. The summed E-state index contributed by atoms with van der Waals surface area (Å²) in [6.07, 6.45) is -0.550. The van der Waals surface area contributed by atoms with Crippen LogP contribution in [0.1, 0.15) is 21.3 Å². The average Bonchev–Trinajstić information content (AvgIpc) is 3.12. The molecule has 136 valence electrons. The van der Waals surface area contributed by atoms with Gasteiger partial charge in [0.05, 0.1) is 20.3 Å². The molecule has 7 nitrogen and oxygen atoms in total. The van der Waals surface area contributed by atoms with Crippen LogP contribution in [0.5, 0.6) is 5.75 Å². The topological polar surface area (TPSA) is 90.9 Å². The molecule has 1 unspecified atom stereocenters. The zero-order chi connectivity index (χ0) is 18.4. The summed E-state index contributed by atoms with van der Waals surface area (Å²) in [6.45, 7) is -0.0182. The van der Waals surface area contributed by atoms with E-state index in [1.807, 2.05) is 12.1 Å². The lowest BCUT2D eigenvalue weighted by molar-refractivity contribution is 0.0602. The third-order valence-electron chi connectivity index (χ3n) is 3.52. The van der Waals surface area contributed by atoms with E-state index in [0.717, 1.165) is 11.3 Å². The van der Waals surface area contributed by atoms with Crippen molar-refractivity contribution in [3.8, 4) is 5.75 Å². The number of ether oxygens (including phenoxy) is 3. The molecule has 0 spiro atoms. The average molecular weight is 385 g/mol. The predicted octanol–water partition coefficient (Wildman–Crippen LogP) is 2.21. The quantitative estimate of drug-likeness (QED) is 0.701. The van der Waals surface area contributed by atoms with Crippen LogP contribution >= 0.6 is 11.3 Å². The zero-order valence-electron chi connectivity index (χ0n) is 14.0. The molecule has 0 aliphatic heterocycles. The van der Waals surface area contributed by atoms with Crippen molar-refractivity contribution in [2.24, 2.45) is 0 Å². The zero-order valence-corrected chi connectivity index (χ0v) is 15.6. The summed E-state index contributed by atoms with van der Waals surface area (Å²) >= 11 is 1.01. The molecule has 0 bridgehead atoms. The Morgan fingerprint density at radius 2 is 1.92 bits per heavy atom. The largest absolute Gasteiger partial charge is 0.496 e. The standard InChI is InChI=1S/C16H19NO6S2/c1-21-12-7-5-4-6-11(12)13(22-2)10-17-25(19,20)14-8-9-24-15(14)16(18)23-3/h4-9,13,17H,10H2,1-3H3. The van der Waals surface area contributed by atoms with Crippen molar-refractivity contribution in [1.29, 1.82) is 0 Å². The minimum absolute atomic E-state index is 0.0182. The maximum atomic E-state index is 12.5. The van der Waals surface area contributed by atoms with Gasteiger partial charge >= 0.3 is 5.97 Å². The van der Waals surface area contributed by atoms with Crippen LogP contribution in [0.4, 0.5) is 0 Å². The molecule has 0 saturated heterocycles. The van der Waals surface area contributed by atoms with E-state index >= 15 is 0 Å². The molecule has 2 aromatic rings. The van der Waals surface area contributed by atoms with Crippen molar-refractivity contribution in [2.75, 3.05) is 27.9 Å². The predicted molar refractivity (Wildman–Crippen MR) is 93.6 cm³/mol. The highest BCUT2D eigenvalue weighted by Crippen LogP contribution is 2.27. The van der Waals surface area contributed by atoms with Crippen LogP contribution in [0, 0.1) is 0 Å². The van der Waals surface area contributed by atoms with Crippen LogP contribution in [0.2, 0.25) is 0 Å². The van der Waals surface area contributed by atoms with E-state index in [1.54, 1.807) is 12.1 Å². The summed E-state index contributed by atoms with van der Waals surface area (Å²) in [5.41, 5.74) is 0.716. The molecule has 1 atom stereocenters. The van der Waals surface area contributed by atoms with E-state index in [-0.39, 0.29) is 16.3 Å². The first kappa shape index (κ1) is 19.4. The summed E-state index contributed by atoms with van der Waals surface area (Å²) in [5.74, 6) is -0.0947. The summed E-state index contributed by atoms with van der Waals surface area (Å²) < 4.78 is 42.8. The third kappa shape index (κ3) is 4.37. The van der Waals surface area contributed by atoms with Crippen LogP contribution < -0.4 is 9.46 Å². The summed E-state index contributed by atoms with van der Waals surface area (Å²) in [5, 5.41) is 1.52. The first-order valence-corrected chi connectivity index (χ1v) is 9.62. The number of carbonyl (C=O) groups excluding carboxylic acids is 1. The van der Waals surface area contributed by atoms with Gasteiger partial charge in [0.2, 0.25) is 10.0 Å². The van der Waals surface area contributed by atoms with Crippen LogP contribution in [0.25, 0.3) is 0 Å². The molecule has 2 rings (SSSR count). The van der Waals surface area contributed by atoms with E-state index in [1.165, 1.54) is 32.8 Å². The number of para-hydroxylation sites is 1. The number of rotatable bonds is 8. The van der Waals surface area contributed by atoms with Gasteiger partial charge in [0.25, 0.3) is 0 Å². The maximum absolute atomic E-state index is 12.5. The van der Waals surface area contributed by atoms with Gasteiger partial charge in [-0.15, -0.1) is 11.3 Å². The number of benzene rings is 1. The van der Waals surface area contributed by atoms with Crippen molar-refractivity contribution in [3.63, 3.8) is 0 Å². The highest BCUT2D eigenvalue weighted by atomic mass is 32.2. The number of hydrogen-bond donors (Lipinski definition) is 1. The van der Waals surface area contributed by atoms with Gasteiger partial charge in [0.1, 0.15) is 15.5 Å². The lowest BCUT2D eigenvalue weighted by Crippen LogP contribution is -2.30. The number of nitrogens with one attached hydrogen (secondary N) is 1. The maximum Gasteiger partial charge on any atom is 0.349 e. The number of thiophene rings is 1. The van der Waals surface area contributed by atoms with Crippen molar-refractivity contribution in [1.82, 2.24) is 4.72 Å². The summed E-state index contributed by atoms with van der Waals surface area (Å²) in [7, 11) is 0.320. The van der Waals surface area contributed by atoms with E-state index in [0.29, 0.717) is 11.3 Å². The fourth-order valence-corrected chi connectivity index (χ4v) is 4.63. The van der Waals surface area contributed by atoms with Gasteiger partial charge in [-0.2, -0.15) is 0 Å². The van der Waals surface area contributed by atoms with Crippen molar-refractivity contribution < 1.29 is 27.4 Å². The number of hydrogen-bond acceptors (Lipinski definition) is 7. The molecule has 1 N–H and O–H groups in total. The van der Waals surface area contributed by atoms with E-state index in [2.05, 4.69) is 9.46 Å². The Hall–Kier alpha value is -1.94. The fourth-order valence-electron chi connectivity index (χ4n) is 2.27. The van der Waals surface area contributed by atoms with Gasteiger partial charge < -0.3 is 14.2 Å². The second-order valence-corrected chi connectivity index (χ2v) is 7.58. The fraction of sp³-hybridized carbons (Fsp3) is 0.312. The number of carbonyl (C=O) groups is 1. The normalized spacial score (nSPS) is 12.6. The van der Waals surface area contributed by atoms with Crippen LogP contribution in [-0.4, -0.2) is 42.3 Å². The molecule has 1 aromatic carbocycles. The van der Waals surface area contributed by atoms with Crippen molar-refractivity contribution in [2.45, 2.75) is 11.0 Å². The number of methoxy groups -OCH3 is 3. The number of esters is 1. The van der Waals surface area contributed by atoms with Gasteiger partial charge in [0.15, 0.2) is 0 Å². The molecule has 1 heterocycles. The second-order valence-electron chi connectivity index (χ2n) is 4.92. The molecule has 0 aliphatic rings. The smallest absolute Gasteiger partial charge is 0.349 e. The molecule has 0 radical (unpaired) electrons. The number of sulfonamides is 1. The molecule has 0 fully saturated rings. The van der Waals surface area contributed by atoms with Gasteiger partial charge in [0, 0.05) is 19.2 Å². The van der Waals surface area contributed by atoms with Gasteiger partial charge in [-0.05, 0) is 17.5 Å². The Morgan fingerprint density at radius 3 is 2.56 bits per heavy atom. The van der Waals surface area contributed by atoms with Gasteiger partial charge in [-0.3, -0.25) is 0 Å². The van der Waals surface area contributed by atoms with E-state index in [9.17, 15) is 13.2 Å². The molecule has 0 aliphatic carbocycles. The second kappa shape index (κ2) is 8.43. The van der Waals surface area contributed by atoms with Gasteiger partial charge in [-0.1, -0.05) is 18.2 Å². The monoisotopic (exact) mass is 385 g/mol. The molecule has 0 saturated carbocycles. The first-order chi connectivity index (χ1) is 11.9. The molecule has 25 heavy (non-hydrogen) atoms. The lowest BCUT2D eigenvalue weighted by Gasteiger charge is -2.19. The Morgan fingerprint density at radius 1 is 1.20 bits per heavy atom. The minimum Gasteiger partial charge on any atom is -0.496 e. The van der Waals surface area contributed by atoms with Crippen molar-refractivity contribution in [3.05, 3.63) is 46.2 Å². The Kier molecular flexibility index (Phi) is 6.54. The highest BCUT2D eigenvalue weighted by Gasteiger charge is 2.26. The summed E-state index contributed by atoms with van der Waals surface area (Å²) in [4.78, 5) is 11.6. The summed E-state index contributed by atoms with van der Waals surface area (Å²) in [6, 6.07) is 8.56. The Balaban J connectivity index is 2.21. The molecule has 0 amide bonds. The lowest BCUT2D eigenvalue weighted by atomic mass is 10.1. The van der Waals surface area contributed by atoms with E-state index in [4.69, 9.17) is 9.47 Å². The molecule has 1 aromatic heterocycles. The Labute approximate surface area is 150 Å². The third-order valence-corrected chi connectivity index (χ3v) is 6.01. The minimum atomic E-state index is -3.90. The molecular weight excluding hydrogens is 366 g/mol. The SMILES string of the molecule is COC(=O)c1sccc1S(=O)(=O)NCC(OC)c1ccccc1OC. The van der Waals surface area contributed by atoms with Gasteiger partial charge in [-0.25, -0.2) is 17.9 Å². The first-order valence-electron chi connectivity index (χ1n) is 7.25. The van der Waals surface area contributed by atoms with Crippen LogP contribution in [0.15, 0.2) is 40.6 Å². The Bertz CT molecular complexity index is 831. The van der Waals surface area contributed by atoms with E-state index < -0.39 is 22.1 Å². The van der Waals surface area contributed by atoms with Crippen molar-refractivity contribution >= 4 is 27.3 Å². The highest BCUT2D eigenvalue weighted by molar-refractivity contribution is 7.89. The van der Waals surface area contributed by atoms with Crippen LogP contribution in [0.3, 0.4) is 0 Å².